The van der Waals surface area contributed by atoms with Gasteiger partial charge in [0.15, 0.2) is 9.84 Å². The molecule has 1 unspecified atom stereocenters. The molecule has 0 bridgehead atoms. The zero-order chi connectivity index (χ0) is 18.7. The molecule has 0 aromatic heterocycles. The molecule has 1 atom stereocenters. The van der Waals surface area contributed by atoms with E-state index in [9.17, 15) is 18.0 Å². The lowest BCUT2D eigenvalue weighted by Crippen LogP contribution is -2.31. The van der Waals surface area contributed by atoms with Crippen LogP contribution in [0.25, 0.3) is 0 Å². The SMILES string of the molecule is CC(=O)Oc1ccc(C(=O)N2CCC(S(=O)(=O)c3ccccc3)C2)cc1. The predicted molar refractivity (Wildman–Crippen MR) is 95.7 cm³/mol. The number of benzene rings is 2. The fourth-order valence-corrected chi connectivity index (χ4v) is 4.70. The van der Waals surface area contributed by atoms with E-state index < -0.39 is 21.1 Å². The summed E-state index contributed by atoms with van der Waals surface area (Å²) in [7, 11) is -3.46. The van der Waals surface area contributed by atoms with Gasteiger partial charge in [0, 0.05) is 25.6 Å². The summed E-state index contributed by atoms with van der Waals surface area (Å²) in [5.41, 5.74) is 0.429. The van der Waals surface area contributed by atoms with Gasteiger partial charge in [-0.15, -0.1) is 0 Å². The van der Waals surface area contributed by atoms with Crippen molar-refractivity contribution in [2.24, 2.45) is 0 Å². The van der Waals surface area contributed by atoms with Crippen molar-refractivity contribution in [2.75, 3.05) is 13.1 Å². The molecule has 1 aliphatic rings. The summed E-state index contributed by atoms with van der Waals surface area (Å²) in [6.07, 6.45) is 0.411. The first-order valence-electron chi connectivity index (χ1n) is 8.24. The number of esters is 1. The molecule has 136 valence electrons. The third-order valence-electron chi connectivity index (χ3n) is 4.31. The lowest BCUT2D eigenvalue weighted by atomic mass is 10.2. The number of hydrogen-bond acceptors (Lipinski definition) is 5. The van der Waals surface area contributed by atoms with Crippen molar-refractivity contribution in [3.8, 4) is 5.75 Å². The van der Waals surface area contributed by atoms with Crippen LogP contribution in [0.5, 0.6) is 5.75 Å². The standard InChI is InChI=1S/C19H19NO5S/c1-14(21)25-16-9-7-15(8-10-16)19(22)20-12-11-18(13-20)26(23,24)17-5-3-2-4-6-17/h2-10,18H,11-13H2,1H3. The Labute approximate surface area is 152 Å². The van der Waals surface area contributed by atoms with E-state index in [0.717, 1.165) is 0 Å². The first kappa shape index (κ1) is 18.1. The average molecular weight is 373 g/mol. The van der Waals surface area contributed by atoms with Crippen LogP contribution >= 0.6 is 0 Å². The van der Waals surface area contributed by atoms with Gasteiger partial charge >= 0.3 is 5.97 Å². The van der Waals surface area contributed by atoms with Gasteiger partial charge in [0.25, 0.3) is 5.91 Å². The van der Waals surface area contributed by atoms with Gasteiger partial charge < -0.3 is 9.64 Å². The lowest BCUT2D eigenvalue weighted by molar-refractivity contribution is -0.131. The molecule has 7 heteroatoms. The Morgan fingerprint density at radius 2 is 1.69 bits per heavy atom. The Morgan fingerprint density at radius 3 is 2.31 bits per heavy atom. The van der Waals surface area contributed by atoms with Crippen molar-refractivity contribution >= 4 is 21.7 Å². The summed E-state index contributed by atoms with van der Waals surface area (Å²) < 4.78 is 30.3. The normalized spacial score (nSPS) is 17.1. The quantitative estimate of drug-likeness (QED) is 0.607. The molecule has 0 saturated carbocycles. The minimum absolute atomic E-state index is 0.168. The Kier molecular flexibility index (Phi) is 5.08. The van der Waals surface area contributed by atoms with Crippen LogP contribution in [0.4, 0.5) is 0 Å². The highest BCUT2D eigenvalue weighted by Crippen LogP contribution is 2.25. The number of likely N-dealkylation sites (tertiary alicyclic amines) is 1. The van der Waals surface area contributed by atoms with Crippen LogP contribution < -0.4 is 4.74 Å². The first-order chi connectivity index (χ1) is 12.4. The molecule has 0 spiro atoms. The molecule has 1 aliphatic heterocycles. The summed E-state index contributed by atoms with van der Waals surface area (Å²) in [4.78, 5) is 25.4. The van der Waals surface area contributed by atoms with Gasteiger partial charge in [0.05, 0.1) is 10.1 Å². The zero-order valence-electron chi connectivity index (χ0n) is 14.3. The van der Waals surface area contributed by atoms with Crippen LogP contribution in [0, 0.1) is 0 Å². The number of carbonyl (C=O) groups excluding carboxylic acids is 2. The van der Waals surface area contributed by atoms with Crippen molar-refractivity contribution in [3.63, 3.8) is 0 Å². The minimum Gasteiger partial charge on any atom is -0.427 e. The molecule has 0 aliphatic carbocycles. The highest BCUT2D eigenvalue weighted by molar-refractivity contribution is 7.92. The maximum Gasteiger partial charge on any atom is 0.308 e. The van der Waals surface area contributed by atoms with Crippen LogP contribution in [0.1, 0.15) is 23.7 Å². The molecular weight excluding hydrogens is 354 g/mol. The highest BCUT2D eigenvalue weighted by atomic mass is 32.2. The monoisotopic (exact) mass is 373 g/mol. The Bertz CT molecular complexity index is 907. The topological polar surface area (TPSA) is 80.8 Å². The fraction of sp³-hybridized carbons (Fsp3) is 0.263. The Morgan fingerprint density at radius 1 is 1.04 bits per heavy atom. The number of nitrogens with zero attached hydrogens (tertiary/aromatic N) is 1. The summed E-state index contributed by atoms with van der Waals surface area (Å²) in [6.45, 7) is 1.86. The summed E-state index contributed by atoms with van der Waals surface area (Å²) in [5, 5.41) is -0.603. The van der Waals surface area contributed by atoms with Gasteiger partial charge in [-0.25, -0.2) is 8.42 Å². The lowest BCUT2D eigenvalue weighted by Gasteiger charge is -2.17. The second kappa shape index (κ2) is 7.29. The number of rotatable bonds is 4. The van der Waals surface area contributed by atoms with Gasteiger partial charge in [-0.3, -0.25) is 9.59 Å². The van der Waals surface area contributed by atoms with E-state index in [4.69, 9.17) is 4.74 Å². The molecule has 0 radical (unpaired) electrons. The van der Waals surface area contributed by atoms with Crippen LogP contribution in [-0.2, 0) is 14.6 Å². The van der Waals surface area contributed by atoms with Crippen molar-refractivity contribution < 1.29 is 22.7 Å². The minimum atomic E-state index is -3.46. The van der Waals surface area contributed by atoms with E-state index in [1.165, 1.54) is 6.92 Å². The van der Waals surface area contributed by atoms with Crippen molar-refractivity contribution in [3.05, 3.63) is 60.2 Å². The van der Waals surface area contributed by atoms with Gasteiger partial charge in [0.1, 0.15) is 5.75 Å². The number of hydrogen-bond donors (Lipinski definition) is 0. The van der Waals surface area contributed by atoms with E-state index in [2.05, 4.69) is 0 Å². The third kappa shape index (κ3) is 3.77. The second-order valence-electron chi connectivity index (χ2n) is 6.14. The smallest absolute Gasteiger partial charge is 0.308 e. The van der Waals surface area contributed by atoms with Crippen LogP contribution in [0.2, 0.25) is 0 Å². The summed E-state index contributed by atoms with van der Waals surface area (Å²) >= 11 is 0. The number of ether oxygens (including phenoxy) is 1. The van der Waals surface area contributed by atoms with E-state index >= 15 is 0 Å². The van der Waals surface area contributed by atoms with Gasteiger partial charge in [-0.1, -0.05) is 18.2 Å². The largest absolute Gasteiger partial charge is 0.427 e. The van der Waals surface area contributed by atoms with Crippen molar-refractivity contribution in [2.45, 2.75) is 23.5 Å². The Balaban J connectivity index is 1.70. The van der Waals surface area contributed by atoms with Crippen LogP contribution in [0.3, 0.4) is 0 Å². The predicted octanol–water partition coefficient (Wildman–Crippen LogP) is 2.30. The molecule has 1 saturated heterocycles. The van der Waals surface area contributed by atoms with Gasteiger partial charge in [-0.2, -0.15) is 0 Å². The maximum atomic E-state index is 12.7. The fourth-order valence-electron chi connectivity index (χ4n) is 2.98. The molecule has 1 heterocycles. The summed E-state index contributed by atoms with van der Waals surface area (Å²) in [5.74, 6) is -0.303. The average Bonchev–Trinajstić information content (AvgIpc) is 3.13. The first-order valence-corrected chi connectivity index (χ1v) is 9.79. The van der Waals surface area contributed by atoms with Crippen molar-refractivity contribution in [1.29, 1.82) is 0 Å². The van der Waals surface area contributed by atoms with E-state index in [-0.39, 0.29) is 17.3 Å². The maximum absolute atomic E-state index is 12.7. The summed E-state index contributed by atoms with van der Waals surface area (Å²) in [6, 6.07) is 14.5. The van der Waals surface area contributed by atoms with Gasteiger partial charge in [0.2, 0.25) is 0 Å². The number of amides is 1. The van der Waals surface area contributed by atoms with Gasteiger partial charge in [-0.05, 0) is 42.8 Å². The Hall–Kier alpha value is -2.67. The van der Waals surface area contributed by atoms with Crippen LogP contribution in [0.15, 0.2) is 59.5 Å². The highest BCUT2D eigenvalue weighted by Gasteiger charge is 2.36. The molecule has 2 aromatic rings. The van der Waals surface area contributed by atoms with E-state index in [1.807, 2.05) is 0 Å². The number of carbonyl (C=O) groups is 2. The second-order valence-corrected chi connectivity index (χ2v) is 8.37. The van der Waals surface area contributed by atoms with E-state index in [0.29, 0.717) is 24.3 Å². The molecule has 3 rings (SSSR count). The molecular formula is C19H19NO5S. The zero-order valence-corrected chi connectivity index (χ0v) is 15.1. The van der Waals surface area contributed by atoms with Crippen LogP contribution in [-0.4, -0.2) is 43.5 Å². The van der Waals surface area contributed by atoms with E-state index in [1.54, 1.807) is 59.5 Å². The third-order valence-corrected chi connectivity index (χ3v) is 6.50. The molecule has 26 heavy (non-hydrogen) atoms. The molecule has 1 amide bonds. The number of sulfone groups is 1. The molecule has 0 N–H and O–H groups in total. The molecule has 2 aromatic carbocycles. The molecule has 6 nitrogen and oxygen atoms in total. The van der Waals surface area contributed by atoms with Crippen molar-refractivity contribution in [1.82, 2.24) is 4.90 Å². The molecule has 1 fully saturated rings.